The van der Waals surface area contributed by atoms with Crippen LogP contribution in [0.2, 0.25) is 0 Å². The molecule has 0 atom stereocenters. The predicted molar refractivity (Wildman–Crippen MR) is 85.7 cm³/mol. The fourth-order valence-electron chi connectivity index (χ4n) is 3.24. The summed E-state index contributed by atoms with van der Waals surface area (Å²) in [7, 11) is -3.31. The second-order valence-electron chi connectivity index (χ2n) is 6.63. The van der Waals surface area contributed by atoms with Gasteiger partial charge in [0.05, 0.1) is 4.90 Å². The highest BCUT2D eigenvalue weighted by Gasteiger charge is 2.37. The van der Waals surface area contributed by atoms with E-state index in [0.29, 0.717) is 23.2 Å². The van der Waals surface area contributed by atoms with Crippen molar-refractivity contribution in [1.82, 2.24) is 4.90 Å². The molecular formula is C17H23NO3S. The topological polar surface area (TPSA) is 54.5 Å². The summed E-state index contributed by atoms with van der Waals surface area (Å²) in [4.78, 5) is 15.2. The van der Waals surface area contributed by atoms with E-state index in [-0.39, 0.29) is 10.8 Å². The van der Waals surface area contributed by atoms with Crippen LogP contribution in [0.15, 0.2) is 23.1 Å². The summed E-state index contributed by atoms with van der Waals surface area (Å²) in [5, 5.41) is 0. The molecule has 2 fully saturated rings. The Morgan fingerprint density at radius 2 is 1.64 bits per heavy atom. The molecule has 2 saturated carbocycles. The lowest BCUT2D eigenvalue weighted by Gasteiger charge is -2.46. The molecule has 120 valence electrons. The van der Waals surface area contributed by atoms with Gasteiger partial charge in [-0.2, -0.15) is 0 Å². The van der Waals surface area contributed by atoms with Crippen LogP contribution >= 0.6 is 0 Å². The van der Waals surface area contributed by atoms with E-state index in [1.807, 2.05) is 4.90 Å². The summed E-state index contributed by atoms with van der Waals surface area (Å²) < 4.78 is 23.8. The second kappa shape index (κ2) is 5.69. The van der Waals surface area contributed by atoms with Crippen LogP contribution in [-0.2, 0) is 9.84 Å². The molecule has 0 heterocycles. The van der Waals surface area contributed by atoms with E-state index < -0.39 is 9.84 Å². The number of sulfone groups is 1. The van der Waals surface area contributed by atoms with Gasteiger partial charge in [-0.25, -0.2) is 8.42 Å². The van der Waals surface area contributed by atoms with Crippen molar-refractivity contribution in [2.45, 2.75) is 62.4 Å². The number of hydrogen-bond donors (Lipinski definition) is 0. The first-order valence-corrected chi connectivity index (χ1v) is 9.90. The Balaban J connectivity index is 1.93. The summed E-state index contributed by atoms with van der Waals surface area (Å²) in [5.74, 6) is -0.000648. The number of hydrogen-bond acceptors (Lipinski definition) is 3. The number of amides is 1. The van der Waals surface area contributed by atoms with Gasteiger partial charge < -0.3 is 4.90 Å². The molecule has 1 aromatic carbocycles. The van der Waals surface area contributed by atoms with Gasteiger partial charge in [0.2, 0.25) is 0 Å². The van der Waals surface area contributed by atoms with E-state index in [2.05, 4.69) is 0 Å². The van der Waals surface area contributed by atoms with Gasteiger partial charge in [0, 0.05) is 23.9 Å². The normalized spacial score (nSPS) is 19.4. The molecule has 1 amide bonds. The van der Waals surface area contributed by atoms with Crippen LogP contribution in [0.4, 0.5) is 0 Å². The minimum Gasteiger partial charge on any atom is -0.333 e. The van der Waals surface area contributed by atoms with Crippen molar-refractivity contribution in [2.75, 3.05) is 6.26 Å². The zero-order chi connectivity index (χ0) is 15.9. The van der Waals surface area contributed by atoms with Gasteiger partial charge in [0.1, 0.15) is 0 Å². The second-order valence-corrected chi connectivity index (χ2v) is 8.62. The average Bonchev–Trinajstić information content (AvgIpc) is 2.32. The molecule has 0 bridgehead atoms. The molecule has 22 heavy (non-hydrogen) atoms. The average molecular weight is 321 g/mol. The number of rotatable bonds is 4. The molecule has 0 aliphatic heterocycles. The van der Waals surface area contributed by atoms with Crippen molar-refractivity contribution in [3.63, 3.8) is 0 Å². The third-order valence-corrected chi connectivity index (χ3v) is 6.24. The van der Waals surface area contributed by atoms with Crippen LogP contribution in [0, 0.1) is 6.92 Å². The van der Waals surface area contributed by atoms with Gasteiger partial charge in [-0.1, -0.05) is 6.07 Å². The van der Waals surface area contributed by atoms with E-state index in [9.17, 15) is 13.2 Å². The van der Waals surface area contributed by atoms with Gasteiger partial charge >= 0.3 is 0 Å². The Labute approximate surface area is 132 Å². The zero-order valence-corrected chi connectivity index (χ0v) is 14.0. The highest BCUT2D eigenvalue weighted by atomic mass is 32.2. The van der Waals surface area contributed by atoms with Crippen molar-refractivity contribution in [3.8, 4) is 0 Å². The van der Waals surface area contributed by atoms with Gasteiger partial charge in [-0.05, 0) is 63.1 Å². The Kier molecular flexibility index (Phi) is 4.02. The van der Waals surface area contributed by atoms with E-state index >= 15 is 0 Å². The standard InChI is InChI=1S/C17H23NO3S/c1-12-9-10-13(11-16(12)22(2,20)21)17(19)18(14-5-3-6-14)15-7-4-8-15/h9-11,14-15H,3-8H2,1-2H3. The number of benzene rings is 1. The fourth-order valence-corrected chi connectivity index (χ4v) is 4.24. The lowest BCUT2D eigenvalue weighted by atomic mass is 9.84. The van der Waals surface area contributed by atoms with E-state index in [0.717, 1.165) is 25.7 Å². The summed E-state index contributed by atoms with van der Waals surface area (Å²) in [6.45, 7) is 1.76. The Morgan fingerprint density at radius 3 is 2.05 bits per heavy atom. The highest BCUT2D eigenvalue weighted by Crippen LogP contribution is 2.35. The lowest BCUT2D eigenvalue weighted by Crippen LogP contribution is -2.52. The minimum absolute atomic E-state index is 0.000648. The molecule has 0 unspecified atom stereocenters. The first kappa shape index (κ1) is 15.5. The van der Waals surface area contributed by atoms with E-state index in [4.69, 9.17) is 0 Å². The zero-order valence-electron chi connectivity index (χ0n) is 13.2. The van der Waals surface area contributed by atoms with Crippen molar-refractivity contribution < 1.29 is 13.2 Å². The third-order valence-electron chi connectivity index (χ3n) is 5.01. The lowest BCUT2D eigenvalue weighted by molar-refractivity contribution is 0.0285. The quantitative estimate of drug-likeness (QED) is 0.857. The van der Waals surface area contributed by atoms with Gasteiger partial charge in [0.15, 0.2) is 9.84 Å². The predicted octanol–water partition coefficient (Wildman–Crippen LogP) is 2.95. The molecule has 3 rings (SSSR count). The van der Waals surface area contributed by atoms with Crippen LogP contribution in [0.1, 0.15) is 54.4 Å². The summed E-state index contributed by atoms with van der Waals surface area (Å²) >= 11 is 0. The SMILES string of the molecule is Cc1ccc(C(=O)N(C2CCC2)C2CCC2)cc1S(C)(=O)=O. The van der Waals surface area contributed by atoms with Crippen molar-refractivity contribution in [2.24, 2.45) is 0 Å². The van der Waals surface area contributed by atoms with Crippen LogP contribution in [0.25, 0.3) is 0 Å². The van der Waals surface area contributed by atoms with Crippen LogP contribution in [0.5, 0.6) is 0 Å². The van der Waals surface area contributed by atoms with Crippen molar-refractivity contribution >= 4 is 15.7 Å². The molecule has 1 aromatic rings. The number of carbonyl (C=O) groups is 1. The van der Waals surface area contributed by atoms with Crippen molar-refractivity contribution in [3.05, 3.63) is 29.3 Å². The molecule has 2 aliphatic carbocycles. The Bertz CT molecular complexity index is 674. The van der Waals surface area contributed by atoms with Crippen LogP contribution < -0.4 is 0 Å². The Hall–Kier alpha value is -1.36. The molecule has 0 N–H and O–H groups in total. The smallest absolute Gasteiger partial charge is 0.254 e. The molecule has 0 radical (unpaired) electrons. The minimum atomic E-state index is -3.31. The van der Waals surface area contributed by atoms with E-state index in [1.165, 1.54) is 19.1 Å². The Morgan fingerprint density at radius 1 is 1.09 bits per heavy atom. The number of carbonyl (C=O) groups excluding carboxylic acids is 1. The molecular weight excluding hydrogens is 298 g/mol. The fraction of sp³-hybridized carbons (Fsp3) is 0.588. The van der Waals surface area contributed by atoms with E-state index in [1.54, 1.807) is 25.1 Å². The molecule has 2 aliphatic rings. The van der Waals surface area contributed by atoms with Gasteiger partial charge in [0.25, 0.3) is 5.91 Å². The summed E-state index contributed by atoms with van der Waals surface area (Å²) in [6, 6.07) is 5.75. The largest absolute Gasteiger partial charge is 0.333 e. The molecule has 5 heteroatoms. The summed E-state index contributed by atoms with van der Waals surface area (Å²) in [6.07, 6.45) is 7.87. The van der Waals surface area contributed by atoms with Crippen LogP contribution in [-0.4, -0.2) is 37.6 Å². The van der Waals surface area contributed by atoms with Gasteiger partial charge in [-0.3, -0.25) is 4.79 Å². The molecule has 0 saturated heterocycles. The maximum Gasteiger partial charge on any atom is 0.254 e. The first-order valence-electron chi connectivity index (χ1n) is 8.01. The third kappa shape index (κ3) is 2.78. The monoisotopic (exact) mass is 321 g/mol. The molecule has 4 nitrogen and oxygen atoms in total. The first-order chi connectivity index (χ1) is 10.4. The van der Waals surface area contributed by atoms with Gasteiger partial charge in [-0.15, -0.1) is 0 Å². The summed E-state index contributed by atoms with van der Waals surface area (Å²) in [5.41, 5.74) is 1.20. The maximum atomic E-state index is 12.9. The highest BCUT2D eigenvalue weighted by molar-refractivity contribution is 7.90. The molecule has 0 aromatic heterocycles. The van der Waals surface area contributed by atoms with Crippen molar-refractivity contribution in [1.29, 1.82) is 0 Å². The van der Waals surface area contributed by atoms with Crippen LogP contribution in [0.3, 0.4) is 0 Å². The number of aryl methyl sites for hydroxylation is 1. The number of nitrogens with zero attached hydrogens (tertiary/aromatic N) is 1. The maximum absolute atomic E-state index is 12.9. The molecule has 0 spiro atoms.